The number of aliphatic carboxylic acids is 1. The lowest BCUT2D eigenvalue weighted by molar-refractivity contribution is -0.143. The second-order valence-corrected chi connectivity index (χ2v) is 10.6. The van der Waals surface area contributed by atoms with Crippen LogP contribution in [0.5, 0.6) is 5.75 Å². The van der Waals surface area contributed by atoms with Gasteiger partial charge in [-0.05, 0) is 61.1 Å². The number of carbonyl (C=O) groups excluding carboxylic acids is 3. The highest BCUT2D eigenvalue weighted by Gasteiger charge is 2.45. The number of nitrogens with zero attached hydrogens (tertiary/aromatic N) is 1. The summed E-state index contributed by atoms with van der Waals surface area (Å²) in [5.41, 5.74) is 1.96. The summed E-state index contributed by atoms with van der Waals surface area (Å²) in [5.74, 6) is -1.61. The molecule has 1 saturated heterocycles. The number of hydrogen-bond acceptors (Lipinski definition) is 6. The first-order chi connectivity index (χ1) is 18.8. The lowest BCUT2D eigenvalue weighted by atomic mass is 9.78. The van der Waals surface area contributed by atoms with Crippen molar-refractivity contribution in [3.63, 3.8) is 0 Å². The number of carboxylic acids is 1. The molecule has 1 saturated carbocycles. The normalized spacial score (nSPS) is 20.6. The lowest BCUT2D eigenvalue weighted by Crippen LogP contribution is -2.49. The molecule has 3 aliphatic rings. The van der Waals surface area contributed by atoms with Crippen LogP contribution in [0.25, 0.3) is 0 Å². The first-order valence-electron chi connectivity index (χ1n) is 13.4. The van der Waals surface area contributed by atoms with Crippen molar-refractivity contribution in [1.82, 2.24) is 10.6 Å². The van der Waals surface area contributed by atoms with E-state index in [9.17, 15) is 24.3 Å². The molecule has 0 bridgehead atoms. The quantitative estimate of drug-likeness (QED) is 0.425. The Morgan fingerprint density at radius 2 is 1.74 bits per heavy atom. The van der Waals surface area contributed by atoms with Crippen LogP contribution in [0.2, 0.25) is 0 Å². The molecule has 9 heteroatoms. The van der Waals surface area contributed by atoms with Gasteiger partial charge >= 0.3 is 5.97 Å². The van der Waals surface area contributed by atoms with Crippen LogP contribution in [0.15, 0.2) is 60.3 Å². The van der Waals surface area contributed by atoms with Gasteiger partial charge in [-0.25, -0.2) is 9.69 Å². The third-order valence-corrected chi connectivity index (χ3v) is 8.16. The predicted octanol–water partition coefficient (Wildman–Crippen LogP) is 2.98. The number of rotatable bonds is 9. The largest absolute Gasteiger partial charge is 0.497 e. The van der Waals surface area contributed by atoms with Gasteiger partial charge in [0, 0.05) is 24.7 Å². The molecule has 39 heavy (non-hydrogen) atoms. The van der Waals surface area contributed by atoms with E-state index >= 15 is 0 Å². The van der Waals surface area contributed by atoms with E-state index in [1.54, 1.807) is 37.6 Å². The molecule has 204 valence electrons. The maximum absolute atomic E-state index is 13.5. The number of hydrogen-bond donors (Lipinski definition) is 3. The molecule has 1 unspecified atom stereocenters. The van der Waals surface area contributed by atoms with Crippen molar-refractivity contribution in [2.24, 2.45) is 11.3 Å². The molecule has 1 aliphatic carbocycles. The highest BCUT2D eigenvalue weighted by molar-refractivity contribution is 6.29. The molecule has 0 aromatic heterocycles. The zero-order valence-electron chi connectivity index (χ0n) is 21.9. The van der Waals surface area contributed by atoms with Crippen LogP contribution in [0.4, 0.5) is 5.69 Å². The average Bonchev–Trinajstić information content (AvgIpc) is 3.52. The Bertz CT molecular complexity index is 1290. The van der Waals surface area contributed by atoms with Crippen molar-refractivity contribution in [2.45, 2.75) is 51.0 Å². The molecule has 2 heterocycles. The van der Waals surface area contributed by atoms with Crippen LogP contribution in [-0.4, -0.2) is 48.5 Å². The fraction of sp³-hybridized carbons (Fsp3) is 0.400. The molecule has 9 nitrogen and oxygen atoms in total. The predicted molar refractivity (Wildman–Crippen MR) is 144 cm³/mol. The summed E-state index contributed by atoms with van der Waals surface area (Å²) >= 11 is 0. The van der Waals surface area contributed by atoms with Crippen LogP contribution in [0, 0.1) is 11.3 Å². The Balaban J connectivity index is 1.28. The highest BCUT2D eigenvalue weighted by atomic mass is 16.5. The fourth-order valence-corrected chi connectivity index (χ4v) is 5.96. The van der Waals surface area contributed by atoms with E-state index in [1.807, 2.05) is 24.3 Å². The maximum atomic E-state index is 13.5. The number of imide groups is 1. The Kier molecular flexibility index (Phi) is 7.41. The van der Waals surface area contributed by atoms with E-state index in [2.05, 4.69) is 10.6 Å². The molecule has 2 atom stereocenters. The number of amides is 3. The van der Waals surface area contributed by atoms with Crippen LogP contribution in [0.1, 0.15) is 43.2 Å². The van der Waals surface area contributed by atoms with E-state index in [4.69, 9.17) is 4.74 Å². The van der Waals surface area contributed by atoms with E-state index in [0.717, 1.165) is 24.2 Å². The Morgan fingerprint density at radius 1 is 1.08 bits per heavy atom. The molecule has 2 fully saturated rings. The Hall–Kier alpha value is -4.14. The van der Waals surface area contributed by atoms with Gasteiger partial charge in [-0.3, -0.25) is 14.4 Å². The number of carbonyl (C=O) groups is 4. The smallest absolute Gasteiger partial charge is 0.326 e. The van der Waals surface area contributed by atoms with Crippen LogP contribution in [0.3, 0.4) is 0 Å². The first kappa shape index (κ1) is 26.5. The van der Waals surface area contributed by atoms with Crippen molar-refractivity contribution in [3.05, 3.63) is 71.4 Å². The summed E-state index contributed by atoms with van der Waals surface area (Å²) in [4.78, 5) is 52.5. The number of anilines is 1. The van der Waals surface area contributed by atoms with Crippen molar-refractivity contribution < 1.29 is 29.0 Å². The van der Waals surface area contributed by atoms with E-state index in [-0.39, 0.29) is 24.1 Å². The molecular weight excluding hydrogens is 498 g/mol. The molecule has 3 amide bonds. The number of carboxylic acid groups (broad SMARTS) is 1. The van der Waals surface area contributed by atoms with E-state index in [1.165, 1.54) is 4.90 Å². The first-order valence-corrected chi connectivity index (χ1v) is 13.4. The SMILES string of the molecule is COc1ccc(CC2(C(=O)N[C@@H](Cc3ccc(N4C(=O)C5=CNCCC5C4=O)cc3)C(=O)O)CCCC2)cc1. The van der Waals surface area contributed by atoms with E-state index < -0.39 is 23.3 Å². The van der Waals surface area contributed by atoms with Crippen molar-refractivity contribution in [2.75, 3.05) is 18.6 Å². The second-order valence-electron chi connectivity index (χ2n) is 10.6. The number of nitrogens with one attached hydrogen (secondary N) is 2. The van der Waals surface area contributed by atoms with Gasteiger partial charge in [-0.1, -0.05) is 37.1 Å². The van der Waals surface area contributed by atoms with Crippen LogP contribution in [-0.2, 0) is 32.0 Å². The Morgan fingerprint density at radius 3 is 2.36 bits per heavy atom. The monoisotopic (exact) mass is 531 g/mol. The minimum atomic E-state index is -1.11. The summed E-state index contributed by atoms with van der Waals surface area (Å²) in [7, 11) is 1.60. The van der Waals surface area contributed by atoms with Crippen LogP contribution >= 0.6 is 0 Å². The fourth-order valence-electron chi connectivity index (χ4n) is 5.96. The molecule has 2 aromatic carbocycles. The van der Waals surface area contributed by atoms with Gasteiger partial charge in [0.1, 0.15) is 11.8 Å². The minimum absolute atomic E-state index is 0.0829. The maximum Gasteiger partial charge on any atom is 0.326 e. The summed E-state index contributed by atoms with van der Waals surface area (Å²) in [5, 5.41) is 15.8. The number of methoxy groups -OCH3 is 1. The highest BCUT2D eigenvalue weighted by Crippen LogP contribution is 2.41. The van der Waals surface area contributed by atoms with Crippen molar-refractivity contribution in [3.8, 4) is 5.75 Å². The zero-order valence-corrected chi connectivity index (χ0v) is 21.9. The summed E-state index contributed by atoms with van der Waals surface area (Å²) in [6, 6.07) is 13.2. The summed E-state index contributed by atoms with van der Waals surface area (Å²) in [6.07, 6.45) is 6.07. The van der Waals surface area contributed by atoms with Gasteiger partial charge < -0.3 is 20.5 Å². The van der Waals surface area contributed by atoms with Gasteiger partial charge in [0.05, 0.1) is 24.1 Å². The van der Waals surface area contributed by atoms with E-state index in [0.29, 0.717) is 49.1 Å². The minimum Gasteiger partial charge on any atom is -0.497 e. The molecular formula is C30H33N3O6. The van der Waals surface area contributed by atoms with Gasteiger partial charge in [0.15, 0.2) is 0 Å². The van der Waals surface area contributed by atoms with Crippen molar-refractivity contribution >= 4 is 29.4 Å². The summed E-state index contributed by atoms with van der Waals surface area (Å²) in [6.45, 7) is 0.643. The average molecular weight is 532 g/mol. The van der Waals surface area contributed by atoms with Gasteiger partial charge in [-0.15, -0.1) is 0 Å². The van der Waals surface area contributed by atoms with Gasteiger partial charge in [-0.2, -0.15) is 0 Å². The lowest BCUT2D eigenvalue weighted by Gasteiger charge is -2.30. The molecule has 2 aromatic rings. The topological polar surface area (TPSA) is 125 Å². The zero-order chi connectivity index (χ0) is 27.6. The second kappa shape index (κ2) is 10.9. The number of benzene rings is 2. The summed E-state index contributed by atoms with van der Waals surface area (Å²) < 4.78 is 5.23. The third kappa shape index (κ3) is 5.26. The number of ether oxygens (including phenoxy) is 1. The Labute approximate surface area is 227 Å². The molecule has 0 spiro atoms. The van der Waals surface area contributed by atoms with Crippen molar-refractivity contribution in [1.29, 1.82) is 0 Å². The third-order valence-electron chi connectivity index (χ3n) is 8.16. The molecule has 3 N–H and O–H groups in total. The number of fused-ring (bicyclic) bond motifs is 1. The standard InChI is InChI=1S/C30H33N3O6/c1-39-22-10-6-20(7-11-22)17-30(13-2-3-14-30)29(38)32-25(28(36)37)16-19-4-8-21(9-5-19)33-26(34)23-12-15-31-18-24(23)27(33)35/h4-11,18,23,25,31H,2-3,12-17H2,1H3,(H,32,38)(H,36,37)/t23?,25-/m0/s1. The molecule has 5 rings (SSSR count). The van der Waals surface area contributed by atoms with Gasteiger partial charge in [0.25, 0.3) is 5.91 Å². The van der Waals surface area contributed by atoms with Crippen LogP contribution < -0.4 is 20.3 Å². The molecule has 0 radical (unpaired) electrons. The molecule has 2 aliphatic heterocycles. The van der Waals surface area contributed by atoms with Gasteiger partial charge in [0.2, 0.25) is 11.8 Å².